The van der Waals surface area contributed by atoms with Crippen molar-refractivity contribution >= 4 is 40.5 Å². The molecule has 2 aromatic carbocycles. The van der Waals surface area contributed by atoms with Crippen LogP contribution < -0.4 is 10.2 Å². The van der Waals surface area contributed by atoms with Gasteiger partial charge >= 0.3 is 0 Å². The summed E-state index contributed by atoms with van der Waals surface area (Å²) in [6.45, 7) is 0.823. The second-order valence-corrected chi connectivity index (χ2v) is 7.03. The maximum Gasteiger partial charge on any atom is 0.283 e. The third-order valence-electron chi connectivity index (χ3n) is 3.98. The van der Waals surface area contributed by atoms with Crippen LogP contribution in [0, 0.1) is 5.82 Å². The molecule has 3 rings (SSSR count). The van der Waals surface area contributed by atoms with Crippen molar-refractivity contribution in [3.05, 3.63) is 71.7 Å². The van der Waals surface area contributed by atoms with Gasteiger partial charge in [0.05, 0.1) is 18.0 Å². The van der Waals surface area contributed by atoms with Gasteiger partial charge in [-0.15, -0.1) is 0 Å². The van der Waals surface area contributed by atoms with Crippen molar-refractivity contribution < 1.29 is 18.7 Å². The van der Waals surface area contributed by atoms with Crippen LogP contribution in [0.1, 0.15) is 5.56 Å². The van der Waals surface area contributed by atoms with Crippen LogP contribution >= 0.6 is 11.8 Å². The molecule has 1 N–H and O–H groups in total. The van der Waals surface area contributed by atoms with Crippen LogP contribution in [0.25, 0.3) is 6.08 Å². The van der Waals surface area contributed by atoms with Crippen molar-refractivity contribution in [2.24, 2.45) is 4.99 Å². The van der Waals surface area contributed by atoms with Crippen LogP contribution in [0.5, 0.6) is 0 Å². The molecule has 2 amide bonds. The molecule has 0 spiro atoms. The molecule has 0 unspecified atom stereocenters. The Morgan fingerprint density at radius 2 is 1.93 bits per heavy atom. The zero-order chi connectivity index (χ0) is 20.6. The topological polar surface area (TPSA) is 71.0 Å². The minimum Gasteiger partial charge on any atom is -0.383 e. The molecule has 0 aromatic heterocycles. The molecule has 0 aliphatic carbocycles. The lowest BCUT2D eigenvalue weighted by Crippen LogP contribution is -2.33. The highest BCUT2D eigenvalue weighted by atomic mass is 32.2. The van der Waals surface area contributed by atoms with Crippen LogP contribution in [-0.2, 0) is 14.3 Å². The quantitative estimate of drug-likeness (QED) is 0.559. The van der Waals surface area contributed by atoms with Gasteiger partial charge in [-0.3, -0.25) is 14.5 Å². The van der Waals surface area contributed by atoms with Gasteiger partial charge in [0.1, 0.15) is 11.5 Å². The molecule has 0 saturated heterocycles. The van der Waals surface area contributed by atoms with E-state index >= 15 is 0 Å². The number of anilines is 1. The second kappa shape index (κ2) is 9.99. The molecule has 29 heavy (non-hydrogen) atoms. The normalized spacial score (nSPS) is 15.0. The Kier molecular flexibility index (Phi) is 7.15. The fourth-order valence-electron chi connectivity index (χ4n) is 2.59. The third-order valence-corrected chi connectivity index (χ3v) is 4.92. The number of amidine groups is 1. The average Bonchev–Trinajstić information content (AvgIpc) is 3.03. The van der Waals surface area contributed by atoms with Crippen LogP contribution in [0.2, 0.25) is 0 Å². The number of rotatable bonds is 7. The Morgan fingerprint density at radius 1 is 1.21 bits per heavy atom. The first kappa shape index (κ1) is 20.8. The predicted molar refractivity (Wildman–Crippen MR) is 113 cm³/mol. The summed E-state index contributed by atoms with van der Waals surface area (Å²) in [7, 11) is 1.56. The van der Waals surface area contributed by atoms with Crippen LogP contribution in [-0.4, -0.2) is 43.0 Å². The number of hydrogen-bond donors (Lipinski definition) is 1. The molecular weight excluding hydrogens is 393 g/mol. The summed E-state index contributed by atoms with van der Waals surface area (Å²) >= 11 is 1.14. The lowest BCUT2D eigenvalue weighted by molar-refractivity contribution is -0.118. The first-order chi connectivity index (χ1) is 14.1. The zero-order valence-electron chi connectivity index (χ0n) is 15.8. The van der Waals surface area contributed by atoms with Gasteiger partial charge in [-0.25, -0.2) is 9.38 Å². The molecule has 1 aliphatic heterocycles. The Labute approximate surface area is 172 Å². The summed E-state index contributed by atoms with van der Waals surface area (Å²) in [5.41, 5.74) is 1.57. The number of ether oxygens (including phenoxy) is 1. The molecule has 1 heterocycles. The van der Waals surface area contributed by atoms with Gasteiger partial charge in [0.25, 0.3) is 5.91 Å². The fraction of sp³-hybridized carbons (Fsp3) is 0.190. The Morgan fingerprint density at radius 3 is 2.62 bits per heavy atom. The van der Waals surface area contributed by atoms with E-state index in [1.54, 1.807) is 13.2 Å². The van der Waals surface area contributed by atoms with E-state index in [1.807, 2.05) is 30.3 Å². The van der Waals surface area contributed by atoms with Crippen molar-refractivity contribution in [3.63, 3.8) is 0 Å². The highest BCUT2D eigenvalue weighted by Crippen LogP contribution is 2.29. The number of aliphatic imine (C=N–C) groups is 1. The van der Waals surface area contributed by atoms with E-state index in [0.717, 1.165) is 17.3 Å². The number of thioether (sulfide) groups is 1. The number of hydrogen-bond acceptors (Lipinski definition) is 5. The SMILES string of the molecule is COCCNC(=O)CSC1=N/C(=C\c2ccccc2)C(=O)N1c1ccc(F)cc1. The molecule has 0 radical (unpaired) electrons. The van der Waals surface area contributed by atoms with Crippen LogP contribution in [0.3, 0.4) is 0 Å². The predicted octanol–water partition coefficient (Wildman–Crippen LogP) is 3.07. The molecule has 150 valence electrons. The molecule has 0 saturated carbocycles. The van der Waals surface area contributed by atoms with E-state index in [1.165, 1.54) is 29.2 Å². The van der Waals surface area contributed by atoms with Crippen LogP contribution in [0.4, 0.5) is 10.1 Å². The number of halogens is 1. The Balaban J connectivity index is 1.82. The second-order valence-electron chi connectivity index (χ2n) is 6.08. The molecule has 6 nitrogen and oxygen atoms in total. The minimum atomic E-state index is -0.399. The summed E-state index contributed by atoms with van der Waals surface area (Å²) in [4.78, 5) is 30.8. The van der Waals surface area contributed by atoms with E-state index in [9.17, 15) is 14.0 Å². The maximum absolute atomic E-state index is 13.3. The van der Waals surface area contributed by atoms with Crippen molar-refractivity contribution in [1.82, 2.24) is 5.32 Å². The lowest BCUT2D eigenvalue weighted by atomic mass is 10.2. The number of nitrogens with one attached hydrogen (secondary N) is 1. The molecule has 0 atom stereocenters. The highest BCUT2D eigenvalue weighted by Gasteiger charge is 2.32. The minimum absolute atomic E-state index is 0.0894. The van der Waals surface area contributed by atoms with Gasteiger partial charge in [-0.2, -0.15) is 0 Å². The van der Waals surface area contributed by atoms with Gasteiger partial charge in [0.15, 0.2) is 5.17 Å². The number of carbonyl (C=O) groups is 2. The van der Waals surface area contributed by atoms with Crippen molar-refractivity contribution in [2.75, 3.05) is 30.9 Å². The Bertz CT molecular complexity index is 930. The fourth-order valence-corrected chi connectivity index (χ4v) is 3.43. The van der Waals surface area contributed by atoms with Gasteiger partial charge in [0, 0.05) is 13.7 Å². The standard InChI is InChI=1S/C21H20FN3O3S/c1-28-12-11-23-19(26)14-29-21-24-18(13-15-5-3-2-4-6-15)20(27)25(21)17-9-7-16(22)8-10-17/h2-10,13H,11-12,14H2,1H3,(H,23,26)/b18-13-. The van der Waals surface area contributed by atoms with Crippen LogP contribution in [0.15, 0.2) is 65.3 Å². The number of benzene rings is 2. The maximum atomic E-state index is 13.3. The largest absolute Gasteiger partial charge is 0.383 e. The molecule has 0 fully saturated rings. The molecular formula is C21H20FN3O3S. The molecule has 8 heteroatoms. The summed E-state index contributed by atoms with van der Waals surface area (Å²) in [6.07, 6.45) is 1.69. The summed E-state index contributed by atoms with van der Waals surface area (Å²) < 4.78 is 18.2. The summed E-state index contributed by atoms with van der Waals surface area (Å²) in [5.74, 6) is -0.833. The van der Waals surface area contributed by atoms with Gasteiger partial charge in [-0.1, -0.05) is 42.1 Å². The first-order valence-corrected chi connectivity index (χ1v) is 9.91. The van der Waals surface area contributed by atoms with E-state index in [0.29, 0.717) is 24.0 Å². The number of methoxy groups -OCH3 is 1. The molecule has 0 bridgehead atoms. The van der Waals surface area contributed by atoms with Crippen molar-refractivity contribution in [3.8, 4) is 0 Å². The lowest BCUT2D eigenvalue weighted by Gasteiger charge is -2.17. The molecule has 1 aliphatic rings. The Hall–Kier alpha value is -2.97. The summed E-state index contributed by atoms with van der Waals surface area (Å²) in [6, 6.07) is 14.9. The average molecular weight is 413 g/mol. The third kappa shape index (κ3) is 5.52. The smallest absolute Gasteiger partial charge is 0.283 e. The van der Waals surface area contributed by atoms with E-state index < -0.39 is 5.82 Å². The summed E-state index contributed by atoms with van der Waals surface area (Å²) in [5, 5.41) is 3.09. The van der Waals surface area contributed by atoms with E-state index in [4.69, 9.17) is 4.74 Å². The molecule has 2 aromatic rings. The van der Waals surface area contributed by atoms with Gasteiger partial charge in [0.2, 0.25) is 5.91 Å². The number of amides is 2. The van der Waals surface area contributed by atoms with Crippen molar-refractivity contribution in [2.45, 2.75) is 0 Å². The first-order valence-electron chi connectivity index (χ1n) is 8.92. The zero-order valence-corrected chi connectivity index (χ0v) is 16.6. The van der Waals surface area contributed by atoms with E-state index in [2.05, 4.69) is 10.3 Å². The van der Waals surface area contributed by atoms with Gasteiger partial charge < -0.3 is 10.1 Å². The highest BCUT2D eigenvalue weighted by molar-refractivity contribution is 8.14. The van der Waals surface area contributed by atoms with Crippen molar-refractivity contribution in [1.29, 1.82) is 0 Å². The van der Waals surface area contributed by atoms with Gasteiger partial charge in [-0.05, 0) is 35.9 Å². The monoisotopic (exact) mass is 413 g/mol. The number of carbonyl (C=O) groups excluding carboxylic acids is 2. The number of nitrogens with zero attached hydrogens (tertiary/aromatic N) is 2. The van der Waals surface area contributed by atoms with E-state index in [-0.39, 0.29) is 23.3 Å².